The molecule has 0 heterocycles. The minimum Gasteiger partial charge on any atom is -0.357 e. The molecule has 0 amide bonds. The Labute approximate surface area is 123 Å². The fraction of sp³-hybridized carbons (Fsp3) is 0.923. The number of nitrogens with zero attached hydrogens (tertiary/aromatic N) is 1. The van der Waals surface area contributed by atoms with E-state index in [1.165, 1.54) is 0 Å². The first kappa shape index (κ1) is 19.2. The van der Waals surface area contributed by atoms with Crippen LogP contribution in [-0.2, 0) is 10.0 Å². The molecule has 0 atom stereocenters. The van der Waals surface area contributed by atoms with E-state index in [-0.39, 0.29) is 5.75 Å². The van der Waals surface area contributed by atoms with Crippen LogP contribution in [0.2, 0.25) is 0 Å². The van der Waals surface area contributed by atoms with Crippen LogP contribution in [0.4, 0.5) is 0 Å². The van der Waals surface area contributed by atoms with Gasteiger partial charge >= 0.3 is 0 Å². The summed E-state index contributed by atoms with van der Waals surface area (Å²) >= 11 is 0. The molecule has 0 aliphatic carbocycles. The van der Waals surface area contributed by atoms with E-state index < -0.39 is 10.0 Å². The Kier molecular flexibility index (Phi) is 10.5. The Morgan fingerprint density at radius 1 is 1.05 bits per heavy atom. The van der Waals surface area contributed by atoms with Gasteiger partial charge in [-0.25, -0.2) is 13.1 Å². The van der Waals surface area contributed by atoms with Gasteiger partial charge < -0.3 is 10.6 Å². The number of sulfonamides is 1. The van der Waals surface area contributed by atoms with E-state index in [0.717, 1.165) is 31.9 Å². The maximum atomic E-state index is 11.3. The molecule has 0 fully saturated rings. The molecule has 0 saturated heterocycles. The van der Waals surface area contributed by atoms with E-state index in [2.05, 4.69) is 34.2 Å². The van der Waals surface area contributed by atoms with Gasteiger partial charge in [0.25, 0.3) is 0 Å². The molecule has 20 heavy (non-hydrogen) atoms. The van der Waals surface area contributed by atoms with Gasteiger partial charge in [0, 0.05) is 26.2 Å². The molecule has 0 aliphatic rings. The Bertz CT molecular complexity index is 365. The first-order valence-electron chi connectivity index (χ1n) is 7.48. The lowest BCUT2D eigenvalue weighted by Gasteiger charge is -2.14. The number of hydrogen-bond donors (Lipinski definition) is 3. The number of rotatable bonds is 10. The van der Waals surface area contributed by atoms with E-state index in [9.17, 15) is 8.42 Å². The summed E-state index contributed by atoms with van der Waals surface area (Å²) in [6, 6.07) is 0. The summed E-state index contributed by atoms with van der Waals surface area (Å²) in [5, 5.41) is 6.29. The molecule has 7 heteroatoms. The van der Waals surface area contributed by atoms with Crippen molar-refractivity contribution < 1.29 is 8.42 Å². The first-order chi connectivity index (χ1) is 9.49. The van der Waals surface area contributed by atoms with Gasteiger partial charge in [0.05, 0.1) is 5.75 Å². The third-order valence-electron chi connectivity index (χ3n) is 3.13. The second kappa shape index (κ2) is 10.9. The lowest BCUT2D eigenvalue weighted by Crippen LogP contribution is -2.42. The summed E-state index contributed by atoms with van der Waals surface area (Å²) in [5.74, 6) is 1.45. The average molecular weight is 306 g/mol. The van der Waals surface area contributed by atoms with Crippen molar-refractivity contribution in [3.05, 3.63) is 0 Å². The lowest BCUT2D eigenvalue weighted by molar-refractivity contribution is 0.504. The summed E-state index contributed by atoms with van der Waals surface area (Å²) in [6.07, 6.45) is 2.24. The molecule has 0 aromatic rings. The first-order valence-corrected chi connectivity index (χ1v) is 9.13. The molecule has 0 unspecified atom stereocenters. The van der Waals surface area contributed by atoms with Crippen LogP contribution >= 0.6 is 0 Å². The zero-order valence-electron chi connectivity index (χ0n) is 13.2. The standard InChI is InChI=1S/C13H30N4O2S/c1-5-12(6-2)11-16-13(14-7-3)15-9-10-17-20(18,19)8-4/h12,17H,5-11H2,1-4H3,(H2,14,15,16). The molecule has 0 bridgehead atoms. The number of hydrogen-bond acceptors (Lipinski definition) is 3. The second-order valence-electron chi connectivity index (χ2n) is 4.63. The van der Waals surface area contributed by atoms with Crippen molar-refractivity contribution >= 4 is 16.0 Å². The van der Waals surface area contributed by atoms with E-state index in [0.29, 0.717) is 19.0 Å². The average Bonchev–Trinajstić information content (AvgIpc) is 2.44. The Morgan fingerprint density at radius 3 is 2.20 bits per heavy atom. The Morgan fingerprint density at radius 2 is 1.70 bits per heavy atom. The van der Waals surface area contributed by atoms with Crippen molar-refractivity contribution in [3.8, 4) is 0 Å². The van der Waals surface area contributed by atoms with Crippen molar-refractivity contribution in [3.63, 3.8) is 0 Å². The van der Waals surface area contributed by atoms with E-state index in [1.54, 1.807) is 6.92 Å². The normalized spacial score (nSPS) is 12.8. The highest BCUT2D eigenvalue weighted by molar-refractivity contribution is 7.89. The molecule has 0 aromatic heterocycles. The number of guanidine groups is 1. The van der Waals surface area contributed by atoms with Crippen LogP contribution in [0.1, 0.15) is 40.5 Å². The highest BCUT2D eigenvalue weighted by Gasteiger charge is 2.06. The van der Waals surface area contributed by atoms with E-state index in [1.807, 2.05) is 6.92 Å². The Balaban J connectivity index is 4.17. The molecule has 6 nitrogen and oxygen atoms in total. The number of nitrogens with one attached hydrogen (secondary N) is 3. The van der Waals surface area contributed by atoms with E-state index in [4.69, 9.17) is 0 Å². The van der Waals surface area contributed by atoms with Crippen molar-refractivity contribution in [2.75, 3.05) is 31.9 Å². The molecular weight excluding hydrogens is 276 g/mol. The van der Waals surface area contributed by atoms with Gasteiger partial charge in [-0.15, -0.1) is 0 Å². The Hall–Kier alpha value is -0.820. The van der Waals surface area contributed by atoms with Crippen LogP contribution in [0.25, 0.3) is 0 Å². The number of aliphatic imine (C=N–C) groups is 1. The third-order valence-corrected chi connectivity index (χ3v) is 4.53. The van der Waals surface area contributed by atoms with Crippen molar-refractivity contribution in [1.82, 2.24) is 15.4 Å². The second-order valence-corrected chi connectivity index (χ2v) is 6.72. The van der Waals surface area contributed by atoms with Gasteiger partial charge in [-0.2, -0.15) is 0 Å². The predicted molar refractivity (Wildman–Crippen MR) is 85.5 cm³/mol. The van der Waals surface area contributed by atoms with Gasteiger partial charge in [-0.05, 0) is 19.8 Å². The molecule has 0 aliphatic heterocycles. The fourth-order valence-corrected chi connectivity index (χ4v) is 2.22. The minimum absolute atomic E-state index is 0.107. The lowest BCUT2D eigenvalue weighted by atomic mass is 10.0. The van der Waals surface area contributed by atoms with Crippen molar-refractivity contribution in [2.45, 2.75) is 40.5 Å². The summed E-state index contributed by atoms with van der Waals surface area (Å²) in [4.78, 5) is 4.53. The van der Waals surface area contributed by atoms with Gasteiger partial charge in [-0.3, -0.25) is 4.99 Å². The molecule has 120 valence electrons. The molecule has 3 N–H and O–H groups in total. The maximum absolute atomic E-state index is 11.3. The van der Waals surface area contributed by atoms with E-state index >= 15 is 0 Å². The van der Waals surface area contributed by atoms with Gasteiger partial charge in [0.1, 0.15) is 0 Å². The summed E-state index contributed by atoms with van der Waals surface area (Å²) < 4.78 is 25.1. The van der Waals surface area contributed by atoms with Gasteiger partial charge in [-0.1, -0.05) is 26.7 Å². The predicted octanol–water partition coefficient (Wildman–Crippen LogP) is 0.917. The quantitative estimate of drug-likeness (QED) is 0.318. The highest BCUT2D eigenvalue weighted by Crippen LogP contribution is 2.06. The topological polar surface area (TPSA) is 82.6 Å². The third kappa shape index (κ3) is 9.14. The van der Waals surface area contributed by atoms with Crippen LogP contribution in [0, 0.1) is 5.92 Å². The maximum Gasteiger partial charge on any atom is 0.211 e. The van der Waals surface area contributed by atoms with Crippen LogP contribution < -0.4 is 15.4 Å². The van der Waals surface area contributed by atoms with Crippen LogP contribution in [-0.4, -0.2) is 46.3 Å². The SMILES string of the molecule is CCNC(=NCC(CC)CC)NCCNS(=O)(=O)CC. The zero-order valence-corrected chi connectivity index (χ0v) is 14.0. The molecular formula is C13H30N4O2S. The summed E-state index contributed by atoms with van der Waals surface area (Å²) in [7, 11) is -3.11. The summed E-state index contributed by atoms with van der Waals surface area (Å²) in [6.45, 7) is 10.4. The van der Waals surface area contributed by atoms with Gasteiger partial charge in [0.15, 0.2) is 5.96 Å². The smallest absolute Gasteiger partial charge is 0.211 e. The monoisotopic (exact) mass is 306 g/mol. The highest BCUT2D eigenvalue weighted by atomic mass is 32.2. The van der Waals surface area contributed by atoms with Crippen molar-refractivity contribution in [1.29, 1.82) is 0 Å². The largest absolute Gasteiger partial charge is 0.357 e. The minimum atomic E-state index is -3.11. The molecule has 0 saturated carbocycles. The molecule has 0 aromatic carbocycles. The van der Waals surface area contributed by atoms with Crippen molar-refractivity contribution in [2.24, 2.45) is 10.9 Å². The van der Waals surface area contributed by atoms with Crippen LogP contribution in [0.15, 0.2) is 4.99 Å². The molecule has 0 spiro atoms. The fourth-order valence-electron chi connectivity index (χ4n) is 1.60. The van der Waals surface area contributed by atoms with Gasteiger partial charge in [0.2, 0.25) is 10.0 Å². The summed E-state index contributed by atoms with van der Waals surface area (Å²) in [5.41, 5.74) is 0. The van der Waals surface area contributed by atoms with Crippen LogP contribution in [0.3, 0.4) is 0 Å². The molecule has 0 radical (unpaired) electrons. The zero-order chi connectivity index (χ0) is 15.4. The van der Waals surface area contributed by atoms with Crippen LogP contribution in [0.5, 0.6) is 0 Å². The molecule has 0 rings (SSSR count).